The van der Waals surface area contributed by atoms with E-state index in [1.165, 1.54) is 5.56 Å². The van der Waals surface area contributed by atoms with Gasteiger partial charge in [-0.1, -0.05) is 30.4 Å². The SMILES string of the molecule is COc1ccccc1C1C=CCN1. The Morgan fingerprint density at radius 2 is 2.23 bits per heavy atom. The molecule has 2 nitrogen and oxygen atoms in total. The van der Waals surface area contributed by atoms with Crippen molar-refractivity contribution in [2.24, 2.45) is 0 Å². The van der Waals surface area contributed by atoms with Crippen molar-refractivity contribution in [1.82, 2.24) is 5.32 Å². The van der Waals surface area contributed by atoms with Crippen LogP contribution in [0.5, 0.6) is 5.75 Å². The number of hydrogen-bond acceptors (Lipinski definition) is 2. The molecule has 1 atom stereocenters. The lowest BCUT2D eigenvalue weighted by Crippen LogP contribution is -2.14. The normalized spacial score (nSPS) is 20.5. The van der Waals surface area contributed by atoms with Gasteiger partial charge in [0.15, 0.2) is 0 Å². The number of methoxy groups -OCH3 is 1. The van der Waals surface area contributed by atoms with Crippen molar-refractivity contribution in [2.45, 2.75) is 6.04 Å². The lowest BCUT2D eigenvalue weighted by atomic mass is 10.1. The number of nitrogens with one attached hydrogen (secondary N) is 1. The Hall–Kier alpha value is -1.28. The van der Waals surface area contributed by atoms with Crippen molar-refractivity contribution in [1.29, 1.82) is 0 Å². The molecule has 0 aromatic heterocycles. The van der Waals surface area contributed by atoms with Crippen molar-refractivity contribution in [3.05, 3.63) is 42.0 Å². The molecule has 0 saturated heterocycles. The summed E-state index contributed by atoms with van der Waals surface area (Å²) in [5.74, 6) is 0.951. The van der Waals surface area contributed by atoms with Gasteiger partial charge < -0.3 is 10.1 Å². The van der Waals surface area contributed by atoms with Crippen LogP contribution in [0.1, 0.15) is 11.6 Å². The molecule has 0 fully saturated rings. The van der Waals surface area contributed by atoms with Gasteiger partial charge in [-0.2, -0.15) is 0 Å². The molecule has 1 N–H and O–H groups in total. The lowest BCUT2D eigenvalue weighted by Gasteiger charge is -2.13. The molecule has 0 radical (unpaired) electrons. The van der Waals surface area contributed by atoms with Crippen LogP contribution in [0.2, 0.25) is 0 Å². The first-order valence-corrected chi connectivity index (χ1v) is 4.45. The molecule has 0 saturated carbocycles. The van der Waals surface area contributed by atoms with Gasteiger partial charge in [-0.05, 0) is 6.07 Å². The summed E-state index contributed by atoms with van der Waals surface area (Å²) in [6.45, 7) is 0.947. The van der Waals surface area contributed by atoms with Gasteiger partial charge in [0.2, 0.25) is 0 Å². The predicted octanol–water partition coefficient (Wildman–Crippen LogP) is 1.90. The van der Waals surface area contributed by atoms with E-state index in [1.807, 2.05) is 18.2 Å². The van der Waals surface area contributed by atoms with E-state index in [4.69, 9.17) is 4.74 Å². The average Bonchev–Trinajstić information content (AvgIpc) is 2.70. The third-order valence-electron chi connectivity index (χ3n) is 2.26. The van der Waals surface area contributed by atoms with Crippen molar-refractivity contribution >= 4 is 0 Å². The fourth-order valence-electron chi connectivity index (χ4n) is 1.60. The highest BCUT2D eigenvalue weighted by Crippen LogP contribution is 2.26. The summed E-state index contributed by atoms with van der Waals surface area (Å²) in [4.78, 5) is 0. The van der Waals surface area contributed by atoms with E-state index >= 15 is 0 Å². The molecule has 2 rings (SSSR count). The second kappa shape index (κ2) is 3.62. The number of hydrogen-bond donors (Lipinski definition) is 1. The van der Waals surface area contributed by atoms with E-state index in [0.717, 1.165) is 12.3 Å². The quantitative estimate of drug-likeness (QED) is 0.693. The van der Waals surface area contributed by atoms with Gasteiger partial charge in [0.1, 0.15) is 5.75 Å². The standard InChI is InChI=1S/C11H13NO/c1-13-11-7-3-2-5-9(11)10-6-4-8-12-10/h2-7,10,12H,8H2,1H3. The molecule has 1 aliphatic rings. The monoisotopic (exact) mass is 175 g/mol. The van der Waals surface area contributed by atoms with Crippen LogP contribution in [0.4, 0.5) is 0 Å². The summed E-state index contributed by atoms with van der Waals surface area (Å²) in [5.41, 5.74) is 1.21. The van der Waals surface area contributed by atoms with Crippen LogP contribution in [0.15, 0.2) is 36.4 Å². The van der Waals surface area contributed by atoms with Crippen molar-refractivity contribution < 1.29 is 4.74 Å². The molecule has 1 heterocycles. The van der Waals surface area contributed by atoms with Gasteiger partial charge in [-0.15, -0.1) is 0 Å². The third-order valence-corrected chi connectivity index (χ3v) is 2.26. The molecule has 0 aliphatic carbocycles. The van der Waals surface area contributed by atoms with Crippen LogP contribution in [-0.4, -0.2) is 13.7 Å². The number of benzene rings is 1. The molecule has 13 heavy (non-hydrogen) atoms. The number of rotatable bonds is 2. The fraction of sp³-hybridized carbons (Fsp3) is 0.273. The maximum atomic E-state index is 5.28. The van der Waals surface area contributed by atoms with Gasteiger partial charge in [0.05, 0.1) is 13.2 Å². The Morgan fingerprint density at radius 1 is 1.38 bits per heavy atom. The first kappa shape index (κ1) is 8.32. The fourth-order valence-corrected chi connectivity index (χ4v) is 1.60. The van der Waals surface area contributed by atoms with E-state index in [-0.39, 0.29) is 0 Å². The van der Waals surface area contributed by atoms with Crippen LogP contribution in [0.25, 0.3) is 0 Å². The van der Waals surface area contributed by atoms with Crippen LogP contribution < -0.4 is 10.1 Å². The summed E-state index contributed by atoms with van der Waals surface area (Å²) in [6.07, 6.45) is 4.30. The molecule has 1 unspecified atom stereocenters. The maximum absolute atomic E-state index is 5.28. The highest BCUT2D eigenvalue weighted by molar-refractivity contribution is 5.38. The molecule has 1 aliphatic heterocycles. The summed E-state index contributed by atoms with van der Waals surface area (Å²) in [5, 5.41) is 3.36. The Labute approximate surface area is 78.2 Å². The Morgan fingerprint density at radius 3 is 2.92 bits per heavy atom. The van der Waals surface area contributed by atoms with E-state index in [0.29, 0.717) is 6.04 Å². The summed E-state index contributed by atoms with van der Waals surface area (Å²) in [6, 6.07) is 8.42. The van der Waals surface area contributed by atoms with Gasteiger partial charge in [0.25, 0.3) is 0 Å². The average molecular weight is 175 g/mol. The molecular weight excluding hydrogens is 162 g/mol. The molecule has 2 heteroatoms. The number of para-hydroxylation sites is 1. The minimum Gasteiger partial charge on any atom is -0.496 e. The van der Waals surface area contributed by atoms with E-state index in [9.17, 15) is 0 Å². The molecule has 68 valence electrons. The summed E-state index contributed by atoms with van der Waals surface area (Å²) >= 11 is 0. The molecule has 0 bridgehead atoms. The van der Waals surface area contributed by atoms with Crippen molar-refractivity contribution in [2.75, 3.05) is 13.7 Å². The van der Waals surface area contributed by atoms with Crippen molar-refractivity contribution in [3.8, 4) is 5.75 Å². The first-order valence-electron chi connectivity index (χ1n) is 4.45. The molecule has 0 amide bonds. The molecule has 0 spiro atoms. The Bertz CT molecular complexity index is 320. The van der Waals surface area contributed by atoms with E-state index in [2.05, 4.69) is 23.5 Å². The summed E-state index contributed by atoms with van der Waals surface area (Å²) < 4.78 is 5.28. The van der Waals surface area contributed by atoms with Crippen molar-refractivity contribution in [3.63, 3.8) is 0 Å². The minimum absolute atomic E-state index is 0.316. The largest absolute Gasteiger partial charge is 0.496 e. The smallest absolute Gasteiger partial charge is 0.123 e. The van der Waals surface area contributed by atoms with Gasteiger partial charge in [-0.25, -0.2) is 0 Å². The molecule has 1 aromatic carbocycles. The molecule has 1 aromatic rings. The molecular formula is C11H13NO. The minimum atomic E-state index is 0.316. The van der Waals surface area contributed by atoms with E-state index in [1.54, 1.807) is 7.11 Å². The van der Waals surface area contributed by atoms with Crippen LogP contribution in [0.3, 0.4) is 0 Å². The second-order valence-corrected chi connectivity index (χ2v) is 3.06. The topological polar surface area (TPSA) is 21.3 Å². The zero-order chi connectivity index (χ0) is 9.10. The van der Waals surface area contributed by atoms with Gasteiger partial charge >= 0.3 is 0 Å². The summed E-state index contributed by atoms with van der Waals surface area (Å²) in [7, 11) is 1.71. The van der Waals surface area contributed by atoms with E-state index < -0.39 is 0 Å². The first-order chi connectivity index (χ1) is 6.42. The third kappa shape index (κ3) is 1.58. The van der Waals surface area contributed by atoms with Crippen LogP contribution >= 0.6 is 0 Å². The zero-order valence-electron chi connectivity index (χ0n) is 7.66. The highest BCUT2D eigenvalue weighted by Gasteiger charge is 2.14. The highest BCUT2D eigenvalue weighted by atomic mass is 16.5. The number of ether oxygens (including phenoxy) is 1. The lowest BCUT2D eigenvalue weighted by molar-refractivity contribution is 0.406. The van der Waals surface area contributed by atoms with Gasteiger partial charge in [0, 0.05) is 12.1 Å². The maximum Gasteiger partial charge on any atom is 0.123 e. The van der Waals surface area contributed by atoms with Gasteiger partial charge in [-0.3, -0.25) is 0 Å². The van der Waals surface area contributed by atoms with Crippen LogP contribution in [-0.2, 0) is 0 Å². The Balaban J connectivity index is 2.32. The predicted molar refractivity (Wildman–Crippen MR) is 52.9 cm³/mol. The second-order valence-electron chi connectivity index (χ2n) is 3.06. The zero-order valence-corrected chi connectivity index (χ0v) is 7.66. The van der Waals surface area contributed by atoms with Crippen LogP contribution in [0, 0.1) is 0 Å². The Kier molecular flexibility index (Phi) is 2.32.